The monoisotopic (exact) mass is 395 g/mol. The van der Waals surface area contributed by atoms with Crippen LogP contribution in [0.3, 0.4) is 0 Å². The van der Waals surface area contributed by atoms with E-state index in [9.17, 15) is 0 Å². The molecule has 2 aromatic carbocycles. The summed E-state index contributed by atoms with van der Waals surface area (Å²) in [5.41, 5.74) is 0. The number of ether oxygens (including phenoxy) is 2. The molecule has 1 saturated heterocycles. The van der Waals surface area contributed by atoms with E-state index in [0.717, 1.165) is 59.8 Å². The van der Waals surface area contributed by atoms with E-state index in [1.807, 2.05) is 29.6 Å². The summed E-state index contributed by atoms with van der Waals surface area (Å²) >= 11 is 1.52. The zero-order chi connectivity index (χ0) is 18.9. The van der Waals surface area contributed by atoms with Gasteiger partial charge in [-0.15, -0.1) is 10.2 Å². The molecule has 1 fully saturated rings. The van der Waals surface area contributed by atoms with Gasteiger partial charge in [0.05, 0.1) is 19.8 Å². The summed E-state index contributed by atoms with van der Waals surface area (Å²) in [5.74, 6) is 1.70. The van der Waals surface area contributed by atoms with Crippen LogP contribution in [0.2, 0.25) is 0 Å². The number of aromatic nitrogens is 4. The molecule has 0 spiro atoms. The van der Waals surface area contributed by atoms with Crippen LogP contribution in [0.5, 0.6) is 5.75 Å². The van der Waals surface area contributed by atoms with Gasteiger partial charge in [0.25, 0.3) is 0 Å². The Labute approximate surface area is 166 Å². The molecule has 2 aromatic heterocycles. The number of rotatable bonds is 5. The van der Waals surface area contributed by atoms with Gasteiger partial charge in [-0.05, 0) is 29.8 Å². The molecule has 1 atom stereocenters. The molecule has 8 heteroatoms. The van der Waals surface area contributed by atoms with Crippen molar-refractivity contribution in [3.05, 3.63) is 53.3 Å². The van der Waals surface area contributed by atoms with Crippen LogP contribution in [0.1, 0.15) is 23.9 Å². The number of nitrogens with zero attached hydrogens (tertiary/aromatic N) is 5. The van der Waals surface area contributed by atoms with Crippen LogP contribution >= 0.6 is 11.3 Å². The van der Waals surface area contributed by atoms with Gasteiger partial charge < -0.3 is 9.47 Å². The van der Waals surface area contributed by atoms with Gasteiger partial charge >= 0.3 is 0 Å². The molecule has 7 nitrogen and oxygen atoms in total. The van der Waals surface area contributed by atoms with Gasteiger partial charge in [0.15, 0.2) is 10.8 Å². The molecule has 4 aromatic rings. The first kappa shape index (κ1) is 17.5. The number of morpholine rings is 1. The maximum absolute atomic E-state index is 6.16. The fourth-order valence-electron chi connectivity index (χ4n) is 3.39. The summed E-state index contributed by atoms with van der Waals surface area (Å²) in [4.78, 5) is 3.11. The Morgan fingerprint density at radius 1 is 1.11 bits per heavy atom. The molecule has 28 heavy (non-hydrogen) atoms. The molecule has 0 amide bonds. The number of benzene rings is 2. The summed E-state index contributed by atoms with van der Waals surface area (Å²) in [6.07, 6.45) is -0.163. The van der Waals surface area contributed by atoms with Crippen molar-refractivity contribution in [3.8, 4) is 5.75 Å². The van der Waals surface area contributed by atoms with E-state index < -0.39 is 0 Å². The number of hydrogen-bond acceptors (Lipinski definition) is 7. The second kappa shape index (κ2) is 7.46. The quantitative estimate of drug-likeness (QED) is 0.517. The lowest BCUT2D eigenvalue weighted by atomic mass is 10.1. The second-order valence-electron chi connectivity index (χ2n) is 6.91. The fourth-order valence-corrected chi connectivity index (χ4v) is 4.23. The molecule has 3 heterocycles. The molecular weight excluding hydrogens is 374 g/mol. The van der Waals surface area contributed by atoms with E-state index in [2.05, 4.69) is 39.4 Å². The molecule has 0 radical (unpaired) electrons. The molecule has 1 aliphatic rings. The van der Waals surface area contributed by atoms with Gasteiger partial charge in [-0.2, -0.15) is 9.61 Å². The van der Waals surface area contributed by atoms with Crippen molar-refractivity contribution in [1.29, 1.82) is 0 Å². The largest absolute Gasteiger partial charge is 0.483 e. The molecule has 144 valence electrons. The van der Waals surface area contributed by atoms with Gasteiger partial charge in [-0.1, -0.05) is 41.7 Å². The molecule has 0 saturated carbocycles. The number of hydrogen-bond donors (Lipinski definition) is 0. The Hall–Kier alpha value is -2.55. The van der Waals surface area contributed by atoms with E-state index in [0.29, 0.717) is 0 Å². The number of fused-ring (bicyclic) bond motifs is 2. The van der Waals surface area contributed by atoms with Crippen LogP contribution in [0.25, 0.3) is 15.7 Å². The Bertz CT molecular complexity index is 1100. The Morgan fingerprint density at radius 3 is 2.79 bits per heavy atom. The highest BCUT2D eigenvalue weighted by Crippen LogP contribution is 2.28. The van der Waals surface area contributed by atoms with Crippen LogP contribution in [-0.4, -0.2) is 51.0 Å². The summed E-state index contributed by atoms with van der Waals surface area (Å²) in [6, 6.07) is 14.4. The standard InChI is InChI=1S/C20H21N5O2S/c1-14(27-17-7-6-15-4-2-3-5-16(15)12-17)19-23-25-18(21-22-20(25)28-19)13-24-8-10-26-11-9-24/h2-7,12,14H,8-11,13H2,1H3. The fraction of sp³-hybridized carbons (Fsp3) is 0.350. The van der Waals surface area contributed by atoms with Crippen LogP contribution in [0.15, 0.2) is 42.5 Å². The van der Waals surface area contributed by atoms with Crippen LogP contribution in [0.4, 0.5) is 0 Å². The Kier molecular flexibility index (Phi) is 4.67. The first-order chi connectivity index (χ1) is 13.8. The van der Waals surface area contributed by atoms with E-state index in [-0.39, 0.29) is 6.10 Å². The third kappa shape index (κ3) is 3.46. The highest BCUT2D eigenvalue weighted by atomic mass is 32.1. The average molecular weight is 395 g/mol. The van der Waals surface area contributed by atoms with Crippen LogP contribution in [0, 0.1) is 0 Å². The minimum atomic E-state index is -0.163. The van der Waals surface area contributed by atoms with Crippen LogP contribution in [-0.2, 0) is 11.3 Å². The van der Waals surface area contributed by atoms with Crippen molar-refractivity contribution >= 4 is 27.1 Å². The molecular formula is C20H21N5O2S. The average Bonchev–Trinajstić information content (AvgIpc) is 3.31. The van der Waals surface area contributed by atoms with Crippen molar-refractivity contribution in [2.24, 2.45) is 0 Å². The van der Waals surface area contributed by atoms with Crippen molar-refractivity contribution in [2.75, 3.05) is 26.3 Å². The minimum Gasteiger partial charge on any atom is -0.483 e. The Morgan fingerprint density at radius 2 is 1.93 bits per heavy atom. The lowest BCUT2D eigenvalue weighted by molar-refractivity contribution is 0.0328. The molecule has 1 aliphatic heterocycles. The maximum Gasteiger partial charge on any atom is 0.234 e. The minimum absolute atomic E-state index is 0.163. The van der Waals surface area contributed by atoms with E-state index in [1.165, 1.54) is 16.7 Å². The molecule has 0 aliphatic carbocycles. The van der Waals surface area contributed by atoms with Crippen molar-refractivity contribution in [1.82, 2.24) is 24.7 Å². The predicted molar refractivity (Wildman–Crippen MR) is 108 cm³/mol. The molecule has 0 N–H and O–H groups in total. The first-order valence-electron chi connectivity index (χ1n) is 9.43. The first-order valence-corrected chi connectivity index (χ1v) is 10.2. The maximum atomic E-state index is 6.16. The predicted octanol–water partition coefficient (Wildman–Crippen LogP) is 3.31. The van der Waals surface area contributed by atoms with E-state index >= 15 is 0 Å². The van der Waals surface area contributed by atoms with Crippen molar-refractivity contribution in [3.63, 3.8) is 0 Å². The summed E-state index contributed by atoms with van der Waals surface area (Å²) < 4.78 is 13.4. The molecule has 0 bridgehead atoms. The lowest BCUT2D eigenvalue weighted by Gasteiger charge is -2.25. The third-order valence-electron chi connectivity index (χ3n) is 4.92. The second-order valence-corrected chi connectivity index (χ2v) is 7.90. The lowest BCUT2D eigenvalue weighted by Crippen LogP contribution is -2.36. The van der Waals surface area contributed by atoms with E-state index in [4.69, 9.17) is 14.6 Å². The highest BCUT2D eigenvalue weighted by Gasteiger charge is 2.20. The smallest absolute Gasteiger partial charge is 0.234 e. The molecule has 1 unspecified atom stereocenters. The van der Waals surface area contributed by atoms with Crippen LogP contribution < -0.4 is 4.74 Å². The van der Waals surface area contributed by atoms with Crippen molar-refractivity contribution in [2.45, 2.75) is 19.6 Å². The summed E-state index contributed by atoms with van der Waals surface area (Å²) in [5, 5.41) is 16.6. The molecule has 5 rings (SSSR count). The van der Waals surface area contributed by atoms with Gasteiger partial charge in [-0.25, -0.2) is 0 Å². The van der Waals surface area contributed by atoms with Gasteiger partial charge in [0, 0.05) is 13.1 Å². The zero-order valence-electron chi connectivity index (χ0n) is 15.6. The van der Waals surface area contributed by atoms with Crippen molar-refractivity contribution < 1.29 is 9.47 Å². The van der Waals surface area contributed by atoms with E-state index in [1.54, 1.807) is 0 Å². The normalized spacial score (nSPS) is 16.6. The SMILES string of the molecule is CC(Oc1ccc2ccccc2c1)c1nn2c(CN3CCOCC3)nnc2s1. The zero-order valence-corrected chi connectivity index (χ0v) is 16.4. The summed E-state index contributed by atoms with van der Waals surface area (Å²) in [6.45, 7) is 6.10. The van der Waals surface area contributed by atoms with Gasteiger partial charge in [0.2, 0.25) is 4.96 Å². The van der Waals surface area contributed by atoms with Gasteiger partial charge in [0.1, 0.15) is 11.9 Å². The van der Waals surface area contributed by atoms with Gasteiger partial charge in [-0.3, -0.25) is 4.90 Å². The third-order valence-corrected chi connectivity index (χ3v) is 5.98. The Balaban J connectivity index is 1.34. The topological polar surface area (TPSA) is 64.8 Å². The summed E-state index contributed by atoms with van der Waals surface area (Å²) in [7, 11) is 0. The highest BCUT2D eigenvalue weighted by molar-refractivity contribution is 7.16.